The maximum Gasteiger partial charge on any atom is 0.191 e. The SMILES string of the molecule is O=C(CCCSc1nnc(C2CC2)n1Cc1ccccc1)c1ccc(F)cc1. The highest BCUT2D eigenvalue weighted by molar-refractivity contribution is 7.99. The van der Waals surface area contributed by atoms with Crippen molar-refractivity contribution < 1.29 is 9.18 Å². The summed E-state index contributed by atoms with van der Waals surface area (Å²) < 4.78 is 15.2. The number of carbonyl (C=O) groups is 1. The Kier molecular flexibility index (Phi) is 5.86. The lowest BCUT2D eigenvalue weighted by molar-refractivity contribution is 0.0982. The van der Waals surface area contributed by atoms with Gasteiger partial charge < -0.3 is 4.57 Å². The summed E-state index contributed by atoms with van der Waals surface area (Å²) >= 11 is 1.65. The molecule has 0 spiro atoms. The zero-order chi connectivity index (χ0) is 19.3. The van der Waals surface area contributed by atoms with Crippen molar-refractivity contribution in [3.05, 3.63) is 77.4 Å². The molecule has 1 aliphatic carbocycles. The predicted molar refractivity (Wildman–Crippen MR) is 108 cm³/mol. The van der Waals surface area contributed by atoms with Crippen LogP contribution in [0.3, 0.4) is 0 Å². The molecule has 1 saturated carbocycles. The van der Waals surface area contributed by atoms with Crippen LogP contribution in [0.15, 0.2) is 59.8 Å². The number of Topliss-reactive ketones (excluding diaryl/α,β-unsaturated/α-hetero) is 1. The molecular formula is C22H22FN3OS. The Morgan fingerprint density at radius 1 is 1.07 bits per heavy atom. The van der Waals surface area contributed by atoms with E-state index in [1.807, 2.05) is 18.2 Å². The molecule has 1 heterocycles. The quantitative estimate of drug-likeness (QED) is 0.287. The van der Waals surface area contributed by atoms with Gasteiger partial charge in [0.25, 0.3) is 0 Å². The monoisotopic (exact) mass is 395 g/mol. The van der Waals surface area contributed by atoms with Gasteiger partial charge in [-0.25, -0.2) is 4.39 Å². The van der Waals surface area contributed by atoms with Gasteiger partial charge in [-0.05, 0) is 49.1 Å². The van der Waals surface area contributed by atoms with Crippen LogP contribution in [0, 0.1) is 5.82 Å². The van der Waals surface area contributed by atoms with E-state index in [-0.39, 0.29) is 11.6 Å². The smallest absolute Gasteiger partial charge is 0.191 e. The first-order chi connectivity index (χ1) is 13.7. The summed E-state index contributed by atoms with van der Waals surface area (Å²) in [4.78, 5) is 12.2. The van der Waals surface area contributed by atoms with E-state index >= 15 is 0 Å². The van der Waals surface area contributed by atoms with Crippen LogP contribution in [0.25, 0.3) is 0 Å². The van der Waals surface area contributed by atoms with Crippen molar-refractivity contribution in [1.29, 1.82) is 0 Å². The van der Waals surface area contributed by atoms with E-state index in [9.17, 15) is 9.18 Å². The Morgan fingerprint density at radius 3 is 2.54 bits per heavy atom. The van der Waals surface area contributed by atoms with Crippen molar-refractivity contribution in [2.45, 2.75) is 43.3 Å². The first kappa shape index (κ1) is 18.9. The number of benzene rings is 2. The molecule has 4 nitrogen and oxygen atoms in total. The molecule has 1 fully saturated rings. The van der Waals surface area contributed by atoms with Crippen molar-refractivity contribution >= 4 is 17.5 Å². The fraction of sp³-hybridized carbons (Fsp3) is 0.318. The minimum absolute atomic E-state index is 0.0463. The van der Waals surface area contributed by atoms with E-state index in [0.717, 1.165) is 29.7 Å². The van der Waals surface area contributed by atoms with E-state index in [0.29, 0.717) is 17.9 Å². The highest BCUT2D eigenvalue weighted by Crippen LogP contribution is 2.40. The number of hydrogen-bond acceptors (Lipinski definition) is 4. The van der Waals surface area contributed by atoms with Gasteiger partial charge in [0.15, 0.2) is 10.9 Å². The second-order valence-electron chi connectivity index (χ2n) is 7.07. The Hall–Kier alpha value is -2.47. The Morgan fingerprint density at radius 2 is 1.82 bits per heavy atom. The lowest BCUT2D eigenvalue weighted by Gasteiger charge is -2.10. The molecular weight excluding hydrogens is 373 g/mol. The molecule has 1 aromatic heterocycles. The van der Waals surface area contributed by atoms with Crippen molar-refractivity contribution in [3.63, 3.8) is 0 Å². The van der Waals surface area contributed by atoms with Crippen LogP contribution in [0.5, 0.6) is 0 Å². The number of nitrogens with zero attached hydrogens (tertiary/aromatic N) is 3. The molecule has 0 bridgehead atoms. The number of halogens is 1. The van der Waals surface area contributed by atoms with E-state index in [1.165, 1.54) is 30.5 Å². The maximum atomic E-state index is 13.0. The lowest BCUT2D eigenvalue weighted by Crippen LogP contribution is -2.06. The van der Waals surface area contributed by atoms with Crippen LogP contribution in [0.4, 0.5) is 4.39 Å². The highest BCUT2D eigenvalue weighted by Gasteiger charge is 2.30. The van der Waals surface area contributed by atoms with Gasteiger partial charge >= 0.3 is 0 Å². The number of rotatable bonds is 9. The van der Waals surface area contributed by atoms with Crippen molar-refractivity contribution in [2.24, 2.45) is 0 Å². The predicted octanol–water partition coefficient (Wildman–Crippen LogP) is 5.10. The fourth-order valence-electron chi connectivity index (χ4n) is 3.14. The average molecular weight is 396 g/mol. The number of ketones is 1. The number of thioether (sulfide) groups is 1. The zero-order valence-electron chi connectivity index (χ0n) is 15.6. The van der Waals surface area contributed by atoms with E-state index in [1.54, 1.807) is 23.9 Å². The van der Waals surface area contributed by atoms with Crippen LogP contribution < -0.4 is 0 Å². The second kappa shape index (κ2) is 8.69. The van der Waals surface area contributed by atoms with Crippen molar-refractivity contribution in [1.82, 2.24) is 14.8 Å². The van der Waals surface area contributed by atoms with E-state index in [4.69, 9.17) is 0 Å². The molecule has 28 heavy (non-hydrogen) atoms. The summed E-state index contributed by atoms with van der Waals surface area (Å²) in [6.45, 7) is 0.774. The largest absolute Gasteiger partial charge is 0.301 e. The summed E-state index contributed by atoms with van der Waals surface area (Å²) in [5.41, 5.74) is 1.80. The molecule has 0 amide bonds. The average Bonchev–Trinajstić information content (AvgIpc) is 3.49. The summed E-state index contributed by atoms with van der Waals surface area (Å²) in [5, 5.41) is 9.76. The molecule has 2 aromatic carbocycles. The van der Waals surface area contributed by atoms with Gasteiger partial charge in [-0.3, -0.25) is 4.79 Å². The van der Waals surface area contributed by atoms with E-state index in [2.05, 4.69) is 26.9 Å². The molecule has 0 N–H and O–H groups in total. The Balaban J connectivity index is 1.35. The highest BCUT2D eigenvalue weighted by atomic mass is 32.2. The fourth-order valence-corrected chi connectivity index (χ4v) is 4.02. The molecule has 6 heteroatoms. The molecule has 0 radical (unpaired) electrons. The molecule has 4 rings (SSSR count). The molecule has 1 aliphatic rings. The minimum Gasteiger partial charge on any atom is -0.301 e. The second-order valence-corrected chi connectivity index (χ2v) is 8.13. The minimum atomic E-state index is -0.323. The summed E-state index contributed by atoms with van der Waals surface area (Å²) in [6.07, 6.45) is 3.56. The van der Waals surface area contributed by atoms with Crippen molar-refractivity contribution in [3.8, 4) is 0 Å². The first-order valence-corrected chi connectivity index (χ1v) is 10.6. The number of aromatic nitrogens is 3. The third kappa shape index (κ3) is 4.68. The maximum absolute atomic E-state index is 13.0. The van der Waals surface area contributed by atoms with Gasteiger partial charge in [-0.1, -0.05) is 42.1 Å². The standard InChI is InChI=1S/C22H22FN3OS/c23-19-12-10-17(11-13-19)20(27)7-4-14-28-22-25-24-21(18-8-9-18)26(22)15-16-5-2-1-3-6-16/h1-3,5-6,10-13,18H,4,7-9,14-15H2. The van der Waals surface area contributed by atoms with Crippen molar-refractivity contribution in [2.75, 3.05) is 5.75 Å². The lowest BCUT2D eigenvalue weighted by atomic mass is 10.1. The van der Waals surface area contributed by atoms with Crippen LogP contribution in [-0.4, -0.2) is 26.3 Å². The topological polar surface area (TPSA) is 47.8 Å². The van der Waals surface area contributed by atoms with Gasteiger partial charge in [0.05, 0.1) is 6.54 Å². The van der Waals surface area contributed by atoms with Gasteiger partial charge in [0.1, 0.15) is 11.6 Å². The van der Waals surface area contributed by atoms with Gasteiger partial charge in [0.2, 0.25) is 0 Å². The van der Waals surface area contributed by atoms with Gasteiger partial charge in [-0.2, -0.15) is 0 Å². The molecule has 0 atom stereocenters. The van der Waals surface area contributed by atoms with Crippen LogP contribution in [0.1, 0.15) is 53.3 Å². The summed E-state index contributed by atoms with van der Waals surface area (Å²) in [7, 11) is 0. The van der Waals surface area contributed by atoms with Gasteiger partial charge in [0, 0.05) is 23.7 Å². The Labute approximate surface area is 168 Å². The molecule has 3 aromatic rings. The third-order valence-electron chi connectivity index (χ3n) is 4.82. The first-order valence-electron chi connectivity index (χ1n) is 9.59. The summed E-state index contributed by atoms with van der Waals surface area (Å²) in [6, 6.07) is 16.1. The number of carbonyl (C=O) groups excluding carboxylic acids is 1. The number of hydrogen-bond donors (Lipinski definition) is 0. The molecule has 0 aliphatic heterocycles. The summed E-state index contributed by atoms with van der Waals surface area (Å²) in [5.74, 6) is 2.13. The molecule has 0 unspecified atom stereocenters. The van der Waals surface area contributed by atoms with E-state index < -0.39 is 0 Å². The molecule has 144 valence electrons. The van der Waals surface area contributed by atoms with Crippen LogP contribution in [-0.2, 0) is 6.54 Å². The molecule has 0 saturated heterocycles. The van der Waals surface area contributed by atoms with Crippen LogP contribution in [0.2, 0.25) is 0 Å². The zero-order valence-corrected chi connectivity index (χ0v) is 16.4. The Bertz CT molecular complexity index is 936. The third-order valence-corrected chi connectivity index (χ3v) is 5.87. The van der Waals surface area contributed by atoms with Gasteiger partial charge in [-0.15, -0.1) is 10.2 Å². The normalized spacial score (nSPS) is 13.6. The van der Waals surface area contributed by atoms with Crippen LogP contribution >= 0.6 is 11.8 Å².